The van der Waals surface area contributed by atoms with E-state index in [1.54, 1.807) is 24.3 Å². The fourth-order valence-electron chi connectivity index (χ4n) is 3.35. The Bertz CT molecular complexity index is 1410. The van der Waals surface area contributed by atoms with Crippen molar-refractivity contribution in [2.45, 2.75) is 6.61 Å². The number of carbonyl (C=O) groups is 3. The molecule has 174 valence electrons. The molecule has 0 aliphatic carbocycles. The molecule has 7 nitrogen and oxygen atoms in total. The summed E-state index contributed by atoms with van der Waals surface area (Å²) < 4.78 is 19.0. The van der Waals surface area contributed by atoms with Crippen LogP contribution in [0.25, 0.3) is 6.08 Å². The molecule has 4 rings (SSSR count). The summed E-state index contributed by atoms with van der Waals surface area (Å²) in [5, 5.41) is 11.5. The minimum Gasteiger partial charge on any atom is -0.486 e. The van der Waals surface area contributed by atoms with Crippen molar-refractivity contribution in [3.8, 4) is 11.8 Å². The third-order valence-electron chi connectivity index (χ3n) is 5.03. The quantitative estimate of drug-likeness (QED) is 0.374. The number of halogens is 3. The Morgan fingerprint density at radius 2 is 1.69 bits per heavy atom. The van der Waals surface area contributed by atoms with Crippen LogP contribution < -0.4 is 15.0 Å². The van der Waals surface area contributed by atoms with Crippen molar-refractivity contribution in [2.24, 2.45) is 0 Å². The molecule has 1 heterocycles. The van der Waals surface area contributed by atoms with Crippen molar-refractivity contribution in [3.05, 3.63) is 98.8 Å². The van der Waals surface area contributed by atoms with E-state index in [1.165, 1.54) is 30.3 Å². The molecule has 3 aromatic carbocycles. The highest BCUT2D eigenvalue weighted by Crippen LogP contribution is 2.36. The average Bonchev–Trinajstić information content (AvgIpc) is 2.82. The molecular formula is C25H14Cl2FN3O4. The van der Waals surface area contributed by atoms with Crippen LogP contribution in [0.1, 0.15) is 16.7 Å². The van der Waals surface area contributed by atoms with Gasteiger partial charge in [0.2, 0.25) is 0 Å². The predicted octanol–water partition coefficient (Wildman–Crippen LogP) is 5.25. The minimum absolute atomic E-state index is 0.0409. The predicted molar refractivity (Wildman–Crippen MR) is 127 cm³/mol. The zero-order valence-corrected chi connectivity index (χ0v) is 19.2. The smallest absolute Gasteiger partial charge is 0.335 e. The molecule has 0 atom stereocenters. The number of hydrogen-bond donors (Lipinski definition) is 1. The number of nitriles is 1. The molecule has 3 aromatic rings. The zero-order chi connectivity index (χ0) is 25.1. The van der Waals surface area contributed by atoms with Crippen LogP contribution in [0.5, 0.6) is 5.75 Å². The van der Waals surface area contributed by atoms with Gasteiger partial charge >= 0.3 is 6.03 Å². The fourth-order valence-corrected chi connectivity index (χ4v) is 3.97. The fraction of sp³-hybridized carbons (Fsp3) is 0.0400. The topological polar surface area (TPSA) is 99.5 Å². The van der Waals surface area contributed by atoms with Gasteiger partial charge in [0.15, 0.2) is 5.75 Å². The molecule has 35 heavy (non-hydrogen) atoms. The van der Waals surface area contributed by atoms with Gasteiger partial charge in [-0.25, -0.2) is 14.1 Å². The summed E-state index contributed by atoms with van der Waals surface area (Å²) in [6.07, 6.45) is 1.23. The summed E-state index contributed by atoms with van der Waals surface area (Å²) >= 11 is 12.7. The molecule has 1 saturated heterocycles. The van der Waals surface area contributed by atoms with E-state index in [-0.39, 0.29) is 33.7 Å². The Balaban J connectivity index is 1.61. The van der Waals surface area contributed by atoms with Crippen molar-refractivity contribution < 1.29 is 23.5 Å². The number of nitrogens with one attached hydrogen (secondary N) is 1. The van der Waals surface area contributed by atoms with Crippen LogP contribution in [0.3, 0.4) is 0 Å². The lowest BCUT2D eigenvalue weighted by Gasteiger charge is -2.26. The second kappa shape index (κ2) is 9.97. The number of anilines is 1. The number of amides is 4. The average molecular weight is 510 g/mol. The second-order valence-electron chi connectivity index (χ2n) is 7.31. The van der Waals surface area contributed by atoms with Crippen LogP contribution in [0.15, 0.2) is 66.2 Å². The number of nitrogens with zero attached hydrogens (tertiary/aromatic N) is 2. The molecule has 0 unspecified atom stereocenters. The molecule has 1 aliphatic rings. The van der Waals surface area contributed by atoms with Crippen molar-refractivity contribution >= 4 is 52.8 Å². The van der Waals surface area contributed by atoms with E-state index in [0.29, 0.717) is 16.7 Å². The normalized spacial score (nSPS) is 14.6. The van der Waals surface area contributed by atoms with Crippen LogP contribution in [0.4, 0.5) is 14.9 Å². The highest BCUT2D eigenvalue weighted by molar-refractivity contribution is 6.40. The molecular weight excluding hydrogens is 496 g/mol. The van der Waals surface area contributed by atoms with Crippen LogP contribution >= 0.6 is 23.2 Å². The van der Waals surface area contributed by atoms with Gasteiger partial charge in [-0.3, -0.25) is 14.9 Å². The molecule has 10 heteroatoms. The Morgan fingerprint density at radius 3 is 2.34 bits per heavy atom. The van der Waals surface area contributed by atoms with Gasteiger partial charge in [0, 0.05) is 5.56 Å². The highest BCUT2D eigenvalue weighted by atomic mass is 35.5. The molecule has 0 bridgehead atoms. The Hall–Kier alpha value is -4.19. The highest BCUT2D eigenvalue weighted by Gasteiger charge is 2.36. The van der Waals surface area contributed by atoms with Gasteiger partial charge in [0.25, 0.3) is 11.8 Å². The first kappa shape index (κ1) is 24.0. The van der Waals surface area contributed by atoms with Gasteiger partial charge in [0.1, 0.15) is 18.0 Å². The number of ether oxygens (including phenoxy) is 1. The van der Waals surface area contributed by atoms with E-state index in [2.05, 4.69) is 11.4 Å². The first-order valence-electron chi connectivity index (χ1n) is 10.1. The van der Waals surface area contributed by atoms with Crippen LogP contribution in [0.2, 0.25) is 10.0 Å². The first-order valence-corrected chi connectivity index (χ1v) is 10.8. The number of rotatable bonds is 5. The van der Waals surface area contributed by atoms with E-state index in [0.717, 1.165) is 17.0 Å². The molecule has 1 N–H and O–H groups in total. The maximum atomic E-state index is 13.3. The number of carbonyl (C=O) groups excluding carboxylic acids is 3. The number of benzene rings is 3. The Kier molecular flexibility index (Phi) is 6.82. The standard InChI is InChI=1S/C25H14Cl2FN3O4/c26-20-10-14(11-21(27)22(20)35-13-16-4-2-1-3-15(16)12-29)9-19-23(32)30-25(34)31(24(19)33)18-7-5-17(28)6-8-18/h1-11H,13H2,(H,30,32,34). The number of barbiturate groups is 1. The maximum Gasteiger partial charge on any atom is 0.335 e. The monoisotopic (exact) mass is 509 g/mol. The van der Waals surface area contributed by atoms with Crippen molar-refractivity contribution in [2.75, 3.05) is 4.90 Å². The number of urea groups is 1. The molecule has 0 saturated carbocycles. The van der Waals surface area contributed by atoms with Gasteiger partial charge in [-0.05, 0) is 54.1 Å². The summed E-state index contributed by atoms with van der Waals surface area (Å²) in [7, 11) is 0. The van der Waals surface area contributed by atoms with Crippen LogP contribution in [-0.2, 0) is 16.2 Å². The van der Waals surface area contributed by atoms with E-state index < -0.39 is 23.7 Å². The lowest BCUT2D eigenvalue weighted by molar-refractivity contribution is -0.122. The Morgan fingerprint density at radius 1 is 1.03 bits per heavy atom. The van der Waals surface area contributed by atoms with Crippen molar-refractivity contribution in [3.63, 3.8) is 0 Å². The summed E-state index contributed by atoms with van der Waals surface area (Å²) in [5.74, 6) is -2.19. The molecule has 1 fully saturated rings. The number of hydrogen-bond acceptors (Lipinski definition) is 5. The SMILES string of the molecule is N#Cc1ccccc1COc1c(Cl)cc(C=C2C(=O)NC(=O)N(c3ccc(F)cc3)C2=O)cc1Cl. The van der Waals surface area contributed by atoms with E-state index >= 15 is 0 Å². The van der Waals surface area contributed by atoms with Gasteiger partial charge in [-0.15, -0.1) is 0 Å². The summed E-state index contributed by atoms with van der Waals surface area (Å²) in [6.45, 7) is 0.0409. The van der Waals surface area contributed by atoms with Crippen LogP contribution in [-0.4, -0.2) is 17.8 Å². The largest absolute Gasteiger partial charge is 0.486 e. The van der Waals surface area contributed by atoms with Crippen molar-refractivity contribution in [1.29, 1.82) is 5.26 Å². The summed E-state index contributed by atoms with van der Waals surface area (Å²) in [5.41, 5.74) is 1.13. The van der Waals surface area contributed by atoms with E-state index in [9.17, 15) is 24.0 Å². The minimum atomic E-state index is -0.957. The van der Waals surface area contributed by atoms with E-state index in [1.807, 2.05) is 0 Å². The molecule has 0 aromatic heterocycles. The second-order valence-corrected chi connectivity index (χ2v) is 8.12. The van der Waals surface area contributed by atoms with Gasteiger partial charge < -0.3 is 4.74 Å². The van der Waals surface area contributed by atoms with Crippen molar-refractivity contribution in [1.82, 2.24) is 5.32 Å². The lowest BCUT2D eigenvalue weighted by Crippen LogP contribution is -2.54. The third kappa shape index (κ3) is 5.01. The molecule has 1 aliphatic heterocycles. The van der Waals surface area contributed by atoms with Gasteiger partial charge in [-0.1, -0.05) is 41.4 Å². The van der Waals surface area contributed by atoms with E-state index in [4.69, 9.17) is 27.9 Å². The van der Waals surface area contributed by atoms with Crippen LogP contribution in [0, 0.1) is 17.1 Å². The third-order valence-corrected chi connectivity index (χ3v) is 5.59. The summed E-state index contributed by atoms with van der Waals surface area (Å²) in [4.78, 5) is 38.3. The molecule has 0 spiro atoms. The van der Waals surface area contributed by atoms with Gasteiger partial charge in [0.05, 0.1) is 27.4 Å². The summed E-state index contributed by atoms with van der Waals surface area (Å²) in [6, 6.07) is 15.5. The zero-order valence-electron chi connectivity index (χ0n) is 17.7. The maximum absolute atomic E-state index is 13.3. The van der Waals surface area contributed by atoms with Gasteiger partial charge in [-0.2, -0.15) is 5.26 Å². The first-order chi connectivity index (χ1) is 16.8. The molecule has 4 amide bonds. The number of imide groups is 2. The molecule has 0 radical (unpaired) electrons. The Labute approximate surface area is 208 Å². The lowest BCUT2D eigenvalue weighted by atomic mass is 10.1.